The molecule has 0 aliphatic rings. The summed E-state index contributed by atoms with van der Waals surface area (Å²) in [5.41, 5.74) is 13.9. The highest BCUT2D eigenvalue weighted by atomic mass is 16.1. The van der Waals surface area contributed by atoms with Gasteiger partial charge in [0.1, 0.15) is 0 Å². The van der Waals surface area contributed by atoms with Gasteiger partial charge in [0, 0.05) is 23.6 Å². The number of nitrogen functional groups attached to an aromatic ring is 1. The first-order chi connectivity index (χ1) is 10.1. The van der Waals surface area contributed by atoms with E-state index in [1.807, 2.05) is 30.5 Å². The zero-order valence-corrected chi connectivity index (χ0v) is 11.1. The predicted molar refractivity (Wildman–Crippen MR) is 79.7 cm³/mol. The van der Waals surface area contributed by atoms with Gasteiger partial charge >= 0.3 is 0 Å². The molecule has 3 rings (SSSR count). The number of anilines is 1. The van der Waals surface area contributed by atoms with Crippen LogP contribution < -0.4 is 11.5 Å². The second kappa shape index (κ2) is 5.09. The summed E-state index contributed by atoms with van der Waals surface area (Å²) in [6.07, 6.45) is 5.01. The molecule has 0 saturated carbocycles. The fraction of sp³-hybridized carbons (Fsp3) is 0. The van der Waals surface area contributed by atoms with Crippen molar-refractivity contribution < 1.29 is 4.79 Å². The molecule has 0 spiro atoms. The van der Waals surface area contributed by atoms with Gasteiger partial charge in [0.25, 0.3) is 0 Å². The summed E-state index contributed by atoms with van der Waals surface area (Å²) in [4.78, 5) is 15.2. The van der Waals surface area contributed by atoms with E-state index in [9.17, 15) is 4.79 Å². The van der Waals surface area contributed by atoms with E-state index in [2.05, 4.69) is 10.1 Å². The maximum absolute atomic E-state index is 11.0. The Hall–Kier alpha value is -3.15. The molecule has 0 atom stereocenters. The molecule has 0 aliphatic carbocycles. The lowest BCUT2D eigenvalue weighted by atomic mass is 10.1. The van der Waals surface area contributed by atoms with Gasteiger partial charge in [0.2, 0.25) is 5.91 Å². The molecule has 2 heterocycles. The number of rotatable bonds is 3. The van der Waals surface area contributed by atoms with Gasteiger partial charge in [-0.15, -0.1) is 0 Å². The van der Waals surface area contributed by atoms with E-state index in [0.717, 1.165) is 11.1 Å². The largest absolute Gasteiger partial charge is 0.399 e. The normalized spacial score (nSPS) is 10.5. The van der Waals surface area contributed by atoms with Crippen LogP contribution in [0.3, 0.4) is 0 Å². The van der Waals surface area contributed by atoms with Gasteiger partial charge in [-0.3, -0.25) is 4.79 Å². The Morgan fingerprint density at radius 1 is 1.10 bits per heavy atom. The summed E-state index contributed by atoms with van der Waals surface area (Å²) in [6.45, 7) is 0. The Morgan fingerprint density at radius 3 is 2.62 bits per heavy atom. The Bertz CT molecular complexity index is 792. The Labute approximate surface area is 121 Å². The minimum atomic E-state index is -0.505. The zero-order valence-electron chi connectivity index (χ0n) is 11.1. The molecule has 0 aliphatic heterocycles. The third kappa shape index (κ3) is 2.59. The number of carbonyl (C=O) groups is 1. The number of hydrogen-bond acceptors (Lipinski definition) is 4. The number of nitrogens with zero attached hydrogens (tertiary/aromatic N) is 3. The summed E-state index contributed by atoms with van der Waals surface area (Å²) < 4.78 is 1.63. The number of carbonyl (C=O) groups excluding carboxylic acids is 1. The molecule has 104 valence electrons. The van der Waals surface area contributed by atoms with Crippen LogP contribution in [0.2, 0.25) is 0 Å². The first-order valence-corrected chi connectivity index (χ1v) is 6.30. The summed E-state index contributed by atoms with van der Waals surface area (Å²) in [5, 5.41) is 4.26. The van der Waals surface area contributed by atoms with Crippen LogP contribution in [0.25, 0.3) is 16.9 Å². The van der Waals surface area contributed by atoms with Gasteiger partial charge in [-0.2, -0.15) is 5.10 Å². The van der Waals surface area contributed by atoms with Crippen LogP contribution in [0.4, 0.5) is 5.69 Å². The number of primary amides is 1. The lowest BCUT2D eigenvalue weighted by molar-refractivity contribution is 0.1000. The summed E-state index contributed by atoms with van der Waals surface area (Å²) >= 11 is 0. The molecule has 0 unspecified atom stereocenters. The maximum Gasteiger partial charge on any atom is 0.250 e. The number of pyridine rings is 1. The van der Waals surface area contributed by atoms with Crippen molar-refractivity contribution in [1.82, 2.24) is 14.8 Å². The van der Waals surface area contributed by atoms with Crippen LogP contribution in [0, 0.1) is 0 Å². The Balaban J connectivity index is 1.93. The minimum absolute atomic E-state index is 0.363. The standard InChI is InChI=1S/C15H13N5O/c16-13-3-1-2-10(6-13)12-8-19-20(9-12)14-5-4-11(7-18-14)15(17)21/h1-9H,16H2,(H2,17,21). The molecule has 4 N–H and O–H groups in total. The molecule has 0 saturated heterocycles. The fourth-order valence-electron chi connectivity index (χ4n) is 1.98. The lowest BCUT2D eigenvalue weighted by Gasteiger charge is -2.01. The molecule has 0 fully saturated rings. The van der Waals surface area contributed by atoms with Crippen LogP contribution in [0.5, 0.6) is 0 Å². The SMILES string of the molecule is NC(=O)c1ccc(-n2cc(-c3cccc(N)c3)cn2)nc1. The van der Waals surface area contributed by atoms with E-state index in [1.165, 1.54) is 6.20 Å². The van der Waals surface area contributed by atoms with Crippen LogP contribution in [-0.2, 0) is 0 Å². The maximum atomic E-state index is 11.0. The highest BCUT2D eigenvalue weighted by Crippen LogP contribution is 2.21. The number of aromatic nitrogens is 3. The number of nitrogens with two attached hydrogens (primary N) is 2. The van der Waals surface area contributed by atoms with Crippen molar-refractivity contribution in [2.24, 2.45) is 5.73 Å². The second-order valence-corrected chi connectivity index (χ2v) is 4.57. The summed E-state index contributed by atoms with van der Waals surface area (Å²) in [6, 6.07) is 10.9. The number of benzene rings is 1. The third-order valence-electron chi connectivity index (χ3n) is 3.07. The average molecular weight is 279 g/mol. The van der Waals surface area contributed by atoms with E-state index in [-0.39, 0.29) is 0 Å². The Kier molecular flexibility index (Phi) is 3.12. The van der Waals surface area contributed by atoms with Crippen molar-refractivity contribution in [3.05, 3.63) is 60.6 Å². The summed E-state index contributed by atoms with van der Waals surface area (Å²) in [5.74, 6) is 0.102. The monoisotopic (exact) mass is 279 g/mol. The molecule has 3 aromatic rings. The van der Waals surface area contributed by atoms with Crippen LogP contribution in [0.1, 0.15) is 10.4 Å². The van der Waals surface area contributed by atoms with Crippen molar-refractivity contribution >= 4 is 11.6 Å². The van der Waals surface area contributed by atoms with E-state index in [0.29, 0.717) is 17.1 Å². The molecule has 2 aromatic heterocycles. The van der Waals surface area contributed by atoms with Gasteiger partial charge in [0.15, 0.2) is 5.82 Å². The van der Waals surface area contributed by atoms with Gasteiger partial charge in [0.05, 0.1) is 11.8 Å². The highest BCUT2D eigenvalue weighted by Gasteiger charge is 2.06. The molecule has 6 nitrogen and oxygen atoms in total. The molecule has 0 bridgehead atoms. The fourth-order valence-corrected chi connectivity index (χ4v) is 1.98. The van der Waals surface area contributed by atoms with Gasteiger partial charge in [-0.25, -0.2) is 9.67 Å². The number of amides is 1. The quantitative estimate of drug-likeness (QED) is 0.711. The summed E-state index contributed by atoms with van der Waals surface area (Å²) in [7, 11) is 0. The van der Waals surface area contributed by atoms with Crippen molar-refractivity contribution in [2.45, 2.75) is 0 Å². The smallest absolute Gasteiger partial charge is 0.250 e. The minimum Gasteiger partial charge on any atom is -0.399 e. The topological polar surface area (TPSA) is 99.8 Å². The van der Waals surface area contributed by atoms with E-state index in [1.54, 1.807) is 23.0 Å². The van der Waals surface area contributed by atoms with E-state index >= 15 is 0 Å². The van der Waals surface area contributed by atoms with Crippen molar-refractivity contribution in [2.75, 3.05) is 5.73 Å². The number of hydrogen-bond donors (Lipinski definition) is 2. The van der Waals surface area contributed by atoms with E-state index < -0.39 is 5.91 Å². The average Bonchev–Trinajstić information content (AvgIpc) is 2.97. The van der Waals surface area contributed by atoms with Crippen molar-refractivity contribution in [3.8, 4) is 16.9 Å². The predicted octanol–water partition coefficient (Wildman–Crippen LogP) is 1.62. The molecule has 1 aromatic carbocycles. The second-order valence-electron chi connectivity index (χ2n) is 4.57. The van der Waals surface area contributed by atoms with Gasteiger partial charge in [-0.05, 0) is 29.8 Å². The van der Waals surface area contributed by atoms with Gasteiger partial charge < -0.3 is 11.5 Å². The molecule has 21 heavy (non-hydrogen) atoms. The van der Waals surface area contributed by atoms with Crippen LogP contribution >= 0.6 is 0 Å². The highest BCUT2D eigenvalue weighted by molar-refractivity contribution is 5.92. The molecular weight excluding hydrogens is 266 g/mol. The third-order valence-corrected chi connectivity index (χ3v) is 3.07. The molecular formula is C15H13N5O. The molecule has 1 amide bonds. The van der Waals surface area contributed by atoms with E-state index in [4.69, 9.17) is 11.5 Å². The van der Waals surface area contributed by atoms with Crippen LogP contribution in [-0.4, -0.2) is 20.7 Å². The Morgan fingerprint density at radius 2 is 1.95 bits per heavy atom. The first kappa shape index (κ1) is 12.9. The lowest BCUT2D eigenvalue weighted by Crippen LogP contribution is -2.11. The zero-order chi connectivity index (χ0) is 14.8. The van der Waals surface area contributed by atoms with Crippen molar-refractivity contribution in [3.63, 3.8) is 0 Å². The van der Waals surface area contributed by atoms with Gasteiger partial charge in [-0.1, -0.05) is 12.1 Å². The van der Waals surface area contributed by atoms with Crippen LogP contribution in [0.15, 0.2) is 55.0 Å². The van der Waals surface area contributed by atoms with Crippen molar-refractivity contribution in [1.29, 1.82) is 0 Å². The molecule has 0 radical (unpaired) electrons. The molecule has 6 heteroatoms. The first-order valence-electron chi connectivity index (χ1n) is 6.30.